The molecule has 3 atom stereocenters. The van der Waals surface area contributed by atoms with Crippen molar-refractivity contribution in [2.45, 2.75) is 58.0 Å². The standard InChI is InChI=1S/C26H35Cl2N3O3/c1-18-13-31(16-21-22(27)8-5-9-23(21)28)17-26(18,12-24(32)33)25(34)29-20-10-11-30(15-20)14-19-6-3-2-4-7-19/h5-6,8-9,18,20H,2-4,7,10-17H2,1H3,(H,29,34)(H,32,33)/t18?,20-,26?/m0/s1. The van der Waals surface area contributed by atoms with E-state index in [1.807, 2.05) is 6.92 Å². The van der Waals surface area contributed by atoms with Crippen molar-refractivity contribution in [3.05, 3.63) is 45.5 Å². The van der Waals surface area contributed by atoms with Crippen molar-refractivity contribution in [3.8, 4) is 0 Å². The van der Waals surface area contributed by atoms with E-state index >= 15 is 0 Å². The fourth-order valence-electron chi connectivity index (χ4n) is 5.84. The molecule has 4 rings (SSSR count). The Bertz CT molecular complexity index is 933. The molecule has 6 nitrogen and oxygen atoms in total. The molecular formula is C26H35Cl2N3O3. The Kier molecular flexibility index (Phi) is 8.24. The van der Waals surface area contributed by atoms with Crippen molar-refractivity contribution in [1.29, 1.82) is 0 Å². The Morgan fingerprint density at radius 3 is 2.59 bits per heavy atom. The van der Waals surface area contributed by atoms with Crippen LogP contribution in [-0.4, -0.2) is 65.5 Å². The zero-order chi connectivity index (χ0) is 24.3. The number of hydrogen-bond acceptors (Lipinski definition) is 4. The molecule has 2 fully saturated rings. The third-order valence-corrected chi connectivity index (χ3v) is 8.47. The summed E-state index contributed by atoms with van der Waals surface area (Å²) in [6.45, 7) is 6.22. The molecule has 186 valence electrons. The number of nitrogens with zero attached hydrogens (tertiary/aromatic N) is 2. The van der Waals surface area contributed by atoms with E-state index in [0.717, 1.165) is 31.6 Å². The smallest absolute Gasteiger partial charge is 0.304 e. The van der Waals surface area contributed by atoms with Gasteiger partial charge < -0.3 is 10.4 Å². The second-order valence-corrected chi connectivity index (χ2v) is 11.1. The largest absolute Gasteiger partial charge is 0.481 e. The summed E-state index contributed by atoms with van der Waals surface area (Å²) in [6.07, 6.45) is 7.99. The van der Waals surface area contributed by atoms with Gasteiger partial charge in [-0.25, -0.2) is 0 Å². The molecule has 0 saturated carbocycles. The average molecular weight is 508 g/mol. The Labute approximate surface area is 212 Å². The van der Waals surface area contributed by atoms with Gasteiger partial charge in [-0.2, -0.15) is 0 Å². The van der Waals surface area contributed by atoms with Gasteiger partial charge in [0, 0.05) is 60.9 Å². The Morgan fingerprint density at radius 2 is 1.91 bits per heavy atom. The van der Waals surface area contributed by atoms with Crippen LogP contribution >= 0.6 is 23.2 Å². The van der Waals surface area contributed by atoms with E-state index < -0.39 is 11.4 Å². The summed E-state index contributed by atoms with van der Waals surface area (Å²) in [5.41, 5.74) is 1.35. The second kappa shape index (κ2) is 11.0. The van der Waals surface area contributed by atoms with Crippen LogP contribution in [0.25, 0.3) is 0 Å². The molecule has 1 aromatic rings. The van der Waals surface area contributed by atoms with Gasteiger partial charge in [0.15, 0.2) is 0 Å². The first-order valence-corrected chi connectivity index (χ1v) is 13.1. The number of amides is 1. The molecule has 3 aliphatic rings. The molecule has 8 heteroatoms. The molecule has 0 aromatic heterocycles. The van der Waals surface area contributed by atoms with Crippen molar-refractivity contribution in [3.63, 3.8) is 0 Å². The molecule has 2 heterocycles. The second-order valence-electron chi connectivity index (χ2n) is 10.3. The quantitative estimate of drug-likeness (QED) is 0.503. The van der Waals surface area contributed by atoms with Crippen LogP contribution in [0, 0.1) is 11.3 Å². The number of carbonyl (C=O) groups is 2. The fraction of sp³-hybridized carbons (Fsp3) is 0.615. The van der Waals surface area contributed by atoms with Gasteiger partial charge in [0.25, 0.3) is 0 Å². The lowest BCUT2D eigenvalue weighted by molar-refractivity contribution is -0.146. The van der Waals surface area contributed by atoms with Crippen LogP contribution in [0.3, 0.4) is 0 Å². The van der Waals surface area contributed by atoms with Crippen LogP contribution in [0.15, 0.2) is 29.8 Å². The molecule has 0 bridgehead atoms. The first-order valence-electron chi connectivity index (χ1n) is 12.3. The summed E-state index contributed by atoms with van der Waals surface area (Å²) in [7, 11) is 0. The first-order chi connectivity index (χ1) is 16.3. The molecule has 2 unspecified atom stereocenters. The van der Waals surface area contributed by atoms with Gasteiger partial charge >= 0.3 is 5.97 Å². The maximum absolute atomic E-state index is 13.6. The Morgan fingerprint density at radius 1 is 1.15 bits per heavy atom. The van der Waals surface area contributed by atoms with E-state index in [4.69, 9.17) is 23.2 Å². The molecular weight excluding hydrogens is 473 g/mol. The SMILES string of the molecule is CC1CN(Cc2c(Cl)cccc2Cl)CC1(CC(=O)O)C(=O)N[C@H]1CCN(CC2=CCCCC2)C1. The van der Waals surface area contributed by atoms with E-state index in [-0.39, 0.29) is 24.3 Å². The summed E-state index contributed by atoms with van der Waals surface area (Å²) in [5, 5.41) is 14.1. The Balaban J connectivity index is 1.42. The molecule has 2 aliphatic heterocycles. The van der Waals surface area contributed by atoms with E-state index in [9.17, 15) is 14.7 Å². The van der Waals surface area contributed by atoms with Crippen LogP contribution in [-0.2, 0) is 16.1 Å². The number of likely N-dealkylation sites (tertiary alicyclic amines) is 2. The lowest BCUT2D eigenvalue weighted by atomic mass is 9.75. The lowest BCUT2D eigenvalue weighted by Gasteiger charge is -2.32. The van der Waals surface area contributed by atoms with Gasteiger partial charge in [-0.15, -0.1) is 0 Å². The number of hydrogen-bond donors (Lipinski definition) is 2. The highest BCUT2D eigenvalue weighted by atomic mass is 35.5. The van der Waals surface area contributed by atoms with Crippen molar-refractivity contribution in [2.24, 2.45) is 11.3 Å². The number of aliphatic carboxylic acids is 1. The van der Waals surface area contributed by atoms with E-state index in [1.54, 1.807) is 18.2 Å². The topological polar surface area (TPSA) is 72.9 Å². The van der Waals surface area contributed by atoms with Gasteiger partial charge in [0.2, 0.25) is 5.91 Å². The maximum Gasteiger partial charge on any atom is 0.304 e. The molecule has 0 radical (unpaired) electrons. The predicted molar refractivity (Wildman–Crippen MR) is 135 cm³/mol. The molecule has 2 N–H and O–H groups in total. The minimum atomic E-state index is -0.973. The fourth-order valence-corrected chi connectivity index (χ4v) is 6.36. The minimum absolute atomic E-state index is 0.0571. The summed E-state index contributed by atoms with van der Waals surface area (Å²) >= 11 is 12.7. The van der Waals surface area contributed by atoms with E-state index in [2.05, 4.69) is 21.2 Å². The van der Waals surface area contributed by atoms with Crippen molar-refractivity contribution >= 4 is 35.1 Å². The number of carboxylic acid groups (broad SMARTS) is 1. The van der Waals surface area contributed by atoms with Crippen molar-refractivity contribution < 1.29 is 14.7 Å². The van der Waals surface area contributed by atoms with Gasteiger partial charge in [-0.1, -0.05) is 47.8 Å². The van der Waals surface area contributed by atoms with Gasteiger partial charge in [0.1, 0.15) is 0 Å². The lowest BCUT2D eigenvalue weighted by Crippen LogP contribution is -2.51. The van der Waals surface area contributed by atoms with Crippen molar-refractivity contribution in [1.82, 2.24) is 15.1 Å². The molecule has 2 saturated heterocycles. The highest BCUT2D eigenvalue weighted by Crippen LogP contribution is 2.41. The minimum Gasteiger partial charge on any atom is -0.481 e. The predicted octanol–water partition coefficient (Wildman–Crippen LogP) is 4.60. The van der Waals surface area contributed by atoms with Crippen LogP contribution in [0.2, 0.25) is 10.0 Å². The van der Waals surface area contributed by atoms with Gasteiger partial charge in [0.05, 0.1) is 11.8 Å². The van der Waals surface area contributed by atoms with Crippen LogP contribution in [0.4, 0.5) is 0 Å². The number of allylic oxidation sites excluding steroid dienone is 1. The van der Waals surface area contributed by atoms with E-state index in [1.165, 1.54) is 31.3 Å². The van der Waals surface area contributed by atoms with Crippen LogP contribution < -0.4 is 5.32 Å². The summed E-state index contributed by atoms with van der Waals surface area (Å²) in [4.78, 5) is 30.0. The van der Waals surface area contributed by atoms with Crippen LogP contribution in [0.1, 0.15) is 51.0 Å². The highest BCUT2D eigenvalue weighted by Gasteiger charge is 2.52. The monoisotopic (exact) mass is 507 g/mol. The number of halogens is 2. The molecule has 0 spiro atoms. The number of nitrogens with one attached hydrogen (secondary N) is 1. The third kappa shape index (κ3) is 5.78. The maximum atomic E-state index is 13.6. The van der Waals surface area contributed by atoms with Gasteiger partial charge in [-0.05, 0) is 50.2 Å². The molecule has 1 aliphatic carbocycles. The third-order valence-electron chi connectivity index (χ3n) is 7.76. The first kappa shape index (κ1) is 25.5. The summed E-state index contributed by atoms with van der Waals surface area (Å²) in [5.74, 6) is -1.19. The number of carboxylic acids is 1. The van der Waals surface area contributed by atoms with Crippen molar-refractivity contribution in [2.75, 3.05) is 32.7 Å². The Hall–Kier alpha value is -1.60. The number of carbonyl (C=O) groups excluding carboxylic acids is 1. The normalized spacial score (nSPS) is 28.1. The highest BCUT2D eigenvalue weighted by molar-refractivity contribution is 6.35. The van der Waals surface area contributed by atoms with E-state index in [0.29, 0.717) is 29.7 Å². The summed E-state index contributed by atoms with van der Waals surface area (Å²) in [6, 6.07) is 5.46. The number of benzene rings is 1. The average Bonchev–Trinajstić information content (AvgIpc) is 3.35. The summed E-state index contributed by atoms with van der Waals surface area (Å²) < 4.78 is 0. The van der Waals surface area contributed by atoms with Gasteiger partial charge in [-0.3, -0.25) is 19.4 Å². The van der Waals surface area contributed by atoms with Crippen LogP contribution in [0.5, 0.6) is 0 Å². The molecule has 1 aromatic carbocycles. The zero-order valence-electron chi connectivity index (χ0n) is 19.9. The molecule has 1 amide bonds. The molecule has 34 heavy (non-hydrogen) atoms. The number of rotatable bonds is 8. The zero-order valence-corrected chi connectivity index (χ0v) is 21.4.